The van der Waals surface area contributed by atoms with Crippen LogP contribution in [0.2, 0.25) is 0 Å². The minimum absolute atomic E-state index is 0.246. The molecule has 2 N–H and O–H groups in total. The fourth-order valence-corrected chi connectivity index (χ4v) is 2.18. The number of anilines is 1. The van der Waals surface area contributed by atoms with E-state index in [0.717, 1.165) is 5.56 Å². The van der Waals surface area contributed by atoms with Gasteiger partial charge in [-0.1, -0.05) is 12.1 Å². The zero-order valence-corrected chi connectivity index (χ0v) is 14.4. The number of nitrogens with zero attached hydrogens (tertiary/aromatic N) is 2. The normalized spacial score (nSPS) is 10.0. The molecule has 0 saturated carbocycles. The fraction of sp³-hybridized carbons (Fsp3) is 0.278. The van der Waals surface area contributed by atoms with Crippen LogP contribution in [0, 0.1) is 0 Å². The molecular formula is C18H22N4O3. The van der Waals surface area contributed by atoms with Gasteiger partial charge in [-0.25, -0.2) is 9.97 Å². The lowest BCUT2D eigenvalue weighted by molar-refractivity contribution is 0.0949. The summed E-state index contributed by atoms with van der Waals surface area (Å²) in [6, 6.07) is 7.26. The van der Waals surface area contributed by atoms with Gasteiger partial charge in [0.05, 0.1) is 14.2 Å². The van der Waals surface area contributed by atoms with E-state index in [2.05, 4.69) is 27.2 Å². The Bertz CT molecular complexity index is 734. The average molecular weight is 342 g/mol. The van der Waals surface area contributed by atoms with Crippen LogP contribution < -0.4 is 20.1 Å². The topological polar surface area (TPSA) is 85.4 Å². The van der Waals surface area contributed by atoms with Crippen molar-refractivity contribution in [3.63, 3.8) is 0 Å². The lowest BCUT2D eigenvalue weighted by Crippen LogP contribution is -2.27. The summed E-state index contributed by atoms with van der Waals surface area (Å²) in [6.45, 7) is 4.62. The molecule has 0 bridgehead atoms. The highest BCUT2D eigenvalue weighted by atomic mass is 16.5. The Labute approximate surface area is 147 Å². The van der Waals surface area contributed by atoms with Gasteiger partial charge in [0, 0.05) is 19.3 Å². The van der Waals surface area contributed by atoms with E-state index in [-0.39, 0.29) is 5.91 Å². The molecule has 0 saturated heterocycles. The number of aromatic nitrogens is 2. The van der Waals surface area contributed by atoms with Gasteiger partial charge in [0.15, 0.2) is 11.5 Å². The minimum Gasteiger partial charge on any atom is -0.493 e. The highest BCUT2D eigenvalue weighted by Gasteiger charge is 2.09. The van der Waals surface area contributed by atoms with Crippen LogP contribution in [0.5, 0.6) is 11.5 Å². The van der Waals surface area contributed by atoms with Gasteiger partial charge < -0.3 is 20.1 Å². The van der Waals surface area contributed by atoms with E-state index in [1.165, 1.54) is 0 Å². The molecule has 0 spiro atoms. The van der Waals surface area contributed by atoms with E-state index >= 15 is 0 Å². The van der Waals surface area contributed by atoms with Gasteiger partial charge in [-0.05, 0) is 30.2 Å². The molecule has 1 aromatic carbocycles. The third-order valence-electron chi connectivity index (χ3n) is 3.44. The molecule has 1 aromatic heterocycles. The maximum atomic E-state index is 12.2. The highest BCUT2D eigenvalue weighted by molar-refractivity contribution is 5.92. The Kier molecular flexibility index (Phi) is 6.76. The van der Waals surface area contributed by atoms with E-state index in [1.54, 1.807) is 32.6 Å². The quantitative estimate of drug-likeness (QED) is 0.679. The number of nitrogens with one attached hydrogen (secondary N) is 2. The molecule has 2 rings (SSSR count). The number of ether oxygens (including phenoxy) is 2. The summed E-state index contributed by atoms with van der Waals surface area (Å²) in [4.78, 5) is 20.4. The lowest BCUT2D eigenvalue weighted by Gasteiger charge is -2.10. The minimum atomic E-state index is -0.246. The zero-order valence-electron chi connectivity index (χ0n) is 14.4. The van der Waals surface area contributed by atoms with Crippen molar-refractivity contribution in [2.45, 2.75) is 6.42 Å². The molecule has 0 unspecified atom stereocenters. The summed E-state index contributed by atoms with van der Waals surface area (Å²) >= 11 is 0. The molecule has 132 valence electrons. The number of hydrogen-bond donors (Lipinski definition) is 2. The zero-order chi connectivity index (χ0) is 18.1. The van der Waals surface area contributed by atoms with Crippen LogP contribution in [0.15, 0.2) is 43.1 Å². The molecule has 7 heteroatoms. The smallest absolute Gasteiger partial charge is 0.270 e. The fourth-order valence-electron chi connectivity index (χ4n) is 2.18. The average Bonchev–Trinajstić information content (AvgIpc) is 2.66. The number of methoxy groups -OCH3 is 2. The van der Waals surface area contributed by atoms with Crippen LogP contribution in [0.4, 0.5) is 5.95 Å². The molecule has 0 radical (unpaired) electrons. The van der Waals surface area contributed by atoms with Crippen molar-refractivity contribution < 1.29 is 14.3 Å². The molecule has 0 aliphatic carbocycles. The van der Waals surface area contributed by atoms with E-state index in [9.17, 15) is 4.79 Å². The van der Waals surface area contributed by atoms with Gasteiger partial charge in [-0.2, -0.15) is 0 Å². The summed E-state index contributed by atoms with van der Waals surface area (Å²) in [6.07, 6.45) is 3.90. The molecule has 1 amide bonds. The Hall–Kier alpha value is -3.09. The second-order valence-corrected chi connectivity index (χ2v) is 5.13. The van der Waals surface area contributed by atoms with Gasteiger partial charge >= 0.3 is 0 Å². The van der Waals surface area contributed by atoms with Crippen LogP contribution >= 0.6 is 0 Å². The van der Waals surface area contributed by atoms with Crippen LogP contribution in [0.3, 0.4) is 0 Å². The predicted octanol–water partition coefficient (Wildman–Crippen LogP) is 2.06. The Morgan fingerprint density at radius 2 is 2.04 bits per heavy atom. The van der Waals surface area contributed by atoms with Crippen molar-refractivity contribution in [3.05, 3.63) is 54.4 Å². The van der Waals surface area contributed by atoms with E-state index in [1.807, 2.05) is 18.2 Å². The third-order valence-corrected chi connectivity index (χ3v) is 3.44. The SMILES string of the molecule is C=CCNc1nccc(C(=O)NCCc2ccc(OC)c(OC)c2)n1. The highest BCUT2D eigenvalue weighted by Crippen LogP contribution is 2.27. The van der Waals surface area contributed by atoms with Crippen LogP contribution in [0.1, 0.15) is 16.1 Å². The van der Waals surface area contributed by atoms with Crippen molar-refractivity contribution in [2.75, 3.05) is 32.6 Å². The van der Waals surface area contributed by atoms with E-state index in [0.29, 0.717) is 42.7 Å². The second-order valence-electron chi connectivity index (χ2n) is 5.13. The van der Waals surface area contributed by atoms with Crippen molar-refractivity contribution in [1.29, 1.82) is 0 Å². The van der Waals surface area contributed by atoms with Gasteiger partial charge in [0.1, 0.15) is 5.69 Å². The lowest BCUT2D eigenvalue weighted by atomic mass is 10.1. The van der Waals surface area contributed by atoms with Crippen LogP contribution in [0.25, 0.3) is 0 Å². The van der Waals surface area contributed by atoms with E-state index < -0.39 is 0 Å². The Morgan fingerprint density at radius 3 is 2.76 bits per heavy atom. The van der Waals surface area contributed by atoms with Crippen LogP contribution in [-0.2, 0) is 6.42 Å². The Balaban J connectivity index is 1.91. The van der Waals surface area contributed by atoms with Gasteiger partial charge in [-0.15, -0.1) is 6.58 Å². The maximum Gasteiger partial charge on any atom is 0.270 e. The summed E-state index contributed by atoms with van der Waals surface area (Å²) in [5.41, 5.74) is 1.35. The molecule has 2 aromatic rings. The van der Waals surface area contributed by atoms with Gasteiger partial charge in [0.25, 0.3) is 5.91 Å². The summed E-state index contributed by atoms with van der Waals surface area (Å²) in [5.74, 6) is 1.49. The van der Waals surface area contributed by atoms with Gasteiger partial charge in [-0.3, -0.25) is 4.79 Å². The predicted molar refractivity (Wildman–Crippen MR) is 96.3 cm³/mol. The van der Waals surface area contributed by atoms with Crippen LogP contribution in [-0.4, -0.2) is 43.2 Å². The number of amides is 1. The largest absolute Gasteiger partial charge is 0.493 e. The number of hydrogen-bond acceptors (Lipinski definition) is 6. The number of rotatable bonds is 9. The summed E-state index contributed by atoms with van der Waals surface area (Å²) in [5, 5.41) is 5.80. The van der Waals surface area contributed by atoms with Gasteiger partial charge in [0.2, 0.25) is 5.95 Å². The summed E-state index contributed by atoms with van der Waals surface area (Å²) < 4.78 is 10.5. The first-order chi connectivity index (χ1) is 12.2. The third kappa shape index (κ3) is 5.20. The first-order valence-corrected chi connectivity index (χ1v) is 7.85. The Morgan fingerprint density at radius 1 is 1.24 bits per heavy atom. The number of carbonyl (C=O) groups is 1. The van der Waals surface area contributed by atoms with Crippen molar-refractivity contribution in [1.82, 2.24) is 15.3 Å². The molecule has 25 heavy (non-hydrogen) atoms. The molecule has 0 aliphatic heterocycles. The number of carbonyl (C=O) groups excluding carboxylic acids is 1. The first kappa shape index (κ1) is 18.3. The first-order valence-electron chi connectivity index (χ1n) is 7.85. The maximum absolute atomic E-state index is 12.2. The second kappa shape index (κ2) is 9.27. The van der Waals surface area contributed by atoms with E-state index in [4.69, 9.17) is 9.47 Å². The number of benzene rings is 1. The monoisotopic (exact) mass is 342 g/mol. The molecule has 0 aliphatic rings. The standard InChI is InChI=1S/C18H22N4O3/c1-4-9-20-18-21-11-8-14(22-18)17(23)19-10-7-13-5-6-15(24-2)16(12-13)25-3/h4-6,8,11-12H,1,7,9-10H2,2-3H3,(H,19,23)(H,20,21,22). The molecular weight excluding hydrogens is 320 g/mol. The molecule has 1 heterocycles. The summed E-state index contributed by atoms with van der Waals surface area (Å²) in [7, 11) is 3.19. The molecule has 0 fully saturated rings. The molecule has 7 nitrogen and oxygen atoms in total. The van der Waals surface area contributed by atoms with Crippen molar-refractivity contribution in [3.8, 4) is 11.5 Å². The molecule has 0 atom stereocenters. The van der Waals surface area contributed by atoms with Crippen molar-refractivity contribution >= 4 is 11.9 Å². The van der Waals surface area contributed by atoms with Crippen molar-refractivity contribution in [2.24, 2.45) is 0 Å².